The Bertz CT molecular complexity index is 350. The van der Waals surface area contributed by atoms with Gasteiger partial charge in [-0.05, 0) is 12.8 Å². The van der Waals surface area contributed by atoms with Crippen LogP contribution in [0.25, 0.3) is 0 Å². The molecule has 4 nitrogen and oxygen atoms in total. The van der Waals surface area contributed by atoms with Crippen LogP contribution in [0.15, 0.2) is 0 Å². The van der Waals surface area contributed by atoms with Gasteiger partial charge in [0.25, 0.3) is 0 Å². The summed E-state index contributed by atoms with van der Waals surface area (Å²) in [5.41, 5.74) is 6.09. The maximum Gasteiger partial charge on any atom is 0.202 e. The Morgan fingerprint density at radius 2 is 1.82 bits per heavy atom. The number of hydrogen-bond donors (Lipinski definition) is 2. The second kappa shape index (κ2) is 5.31. The fraction of sp³-hybridized carbons (Fsp3) is 0.833. The number of anilines is 1. The van der Waals surface area contributed by atoms with Gasteiger partial charge >= 0.3 is 0 Å². The normalized spacial score (nSPS) is 12.8. The van der Waals surface area contributed by atoms with Gasteiger partial charge in [-0.1, -0.05) is 34.6 Å². The first-order chi connectivity index (χ1) is 7.80. The van der Waals surface area contributed by atoms with E-state index >= 15 is 0 Å². The molecule has 0 aliphatic heterocycles. The summed E-state index contributed by atoms with van der Waals surface area (Å²) < 4.78 is 4.37. The lowest BCUT2D eigenvalue weighted by Crippen LogP contribution is -2.45. The molecule has 1 aromatic rings. The van der Waals surface area contributed by atoms with Crippen molar-refractivity contribution in [2.24, 2.45) is 5.73 Å². The third-order valence-electron chi connectivity index (χ3n) is 3.10. The molecular formula is C12H24N4S. The molecule has 0 spiro atoms. The number of hydrogen-bond acceptors (Lipinski definition) is 5. The molecule has 98 valence electrons. The third-order valence-corrected chi connectivity index (χ3v) is 3.77. The molecule has 0 bridgehead atoms. The van der Waals surface area contributed by atoms with Crippen molar-refractivity contribution < 1.29 is 0 Å². The lowest BCUT2D eigenvalue weighted by Gasteiger charge is -2.26. The highest BCUT2D eigenvalue weighted by Crippen LogP contribution is 2.23. The Morgan fingerprint density at radius 1 is 1.24 bits per heavy atom. The second-order valence-electron chi connectivity index (χ2n) is 5.60. The van der Waals surface area contributed by atoms with E-state index in [1.54, 1.807) is 0 Å². The van der Waals surface area contributed by atoms with Crippen LogP contribution in [0.3, 0.4) is 0 Å². The summed E-state index contributed by atoms with van der Waals surface area (Å²) in [6, 6.07) is 0. The molecule has 0 atom stereocenters. The van der Waals surface area contributed by atoms with Gasteiger partial charge in [-0.15, -0.1) is 0 Å². The molecule has 0 saturated carbocycles. The van der Waals surface area contributed by atoms with Crippen molar-refractivity contribution in [2.45, 2.75) is 58.4 Å². The lowest BCUT2D eigenvalue weighted by molar-refractivity contribution is 0.418. The molecule has 0 aromatic carbocycles. The van der Waals surface area contributed by atoms with Crippen molar-refractivity contribution in [2.75, 3.05) is 11.9 Å². The fourth-order valence-corrected chi connectivity index (χ4v) is 2.10. The van der Waals surface area contributed by atoms with Crippen molar-refractivity contribution in [3.8, 4) is 0 Å². The number of nitrogens with zero attached hydrogens (tertiary/aromatic N) is 2. The van der Waals surface area contributed by atoms with Crippen LogP contribution in [0.1, 0.15) is 53.3 Å². The highest BCUT2D eigenvalue weighted by Gasteiger charge is 2.22. The zero-order valence-corrected chi connectivity index (χ0v) is 12.3. The Hall–Kier alpha value is -0.680. The molecule has 0 fully saturated rings. The van der Waals surface area contributed by atoms with E-state index < -0.39 is 0 Å². The van der Waals surface area contributed by atoms with E-state index in [4.69, 9.17) is 5.73 Å². The molecule has 0 aliphatic carbocycles. The molecule has 17 heavy (non-hydrogen) atoms. The summed E-state index contributed by atoms with van der Waals surface area (Å²) in [6.07, 6.45) is 1.92. The first-order valence-electron chi connectivity index (χ1n) is 6.17. The minimum Gasteiger partial charge on any atom is -0.358 e. The lowest BCUT2D eigenvalue weighted by atomic mass is 9.94. The topological polar surface area (TPSA) is 63.8 Å². The second-order valence-corrected chi connectivity index (χ2v) is 6.35. The Balaban J connectivity index is 2.62. The van der Waals surface area contributed by atoms with Gasteiger partial charge in [-0.2, -0.15) is 4.37 Å². The van der Waals surface area contributed by atoms with Crippen LogP contribution >= 0.6 is 11.5 Å². The maximum atomic E-state index is 6.23. The molecule has 0 amide bonds. The first-order valence-corrected chi connectivity index (χ1v) is 6.95. The number of nitrogens with one attached hydrogen (secondary N) is 1. The van der Waals surface area contributed by atoms with E-state index in [-0.39, 0.29) is 11.0 Å². The monoisotopic (exact) mass is 256 g/mol. The van der Waals surface area contributed by atoms with Crippen LogP contribution in [-0.2, 0) is 5.41 Å². The van der Waals surface area contributed by atoms with Crippen LogP contribution in [0.4, 0.5) is 5.13 Å². The largest absolute Gasteiger partial charge is 0.358 e. The minimum absolute atomic E-state index is 0.00570. The molecule has 1 aromatic heterocycles. The van der Waals surface area contributed by atoms with Gasteiger partial charge in [0.2, 0.25) is 5.13 Å². The molecule has 0 radical (unpaired) electrons. The smallest absolute Gasteiger partial charge is 0.202 e. The van der Waals surface area contributed by atoms with Crippen molar-refractivity contribution in [3.63, 3.8) is 0 Å². The maximum absolute atomic E-state index is 6.23. The molecule has 0 aliphatic rings. The summed E-state index contributed by atoms with van der Waals surface area (Å²) >= 11 is 1.41. The van der Waals surface area contributed by atoms with Crippen LogP contribution in [0, 0.1) is 0 Å². The van der Waals surface area contributed by atoms with Gasteiger partial charge in [0.1, 0.15) is 5.82 Å². The average Bonchev–Trinajstić information content (AvgIpc) is 2.74. The van der Waals surface area contributed by atoms with Crippen LogP contribution < -0.4 is 11.1 Å². The molecular weight excluding hydrogens is 232 g/mol. The molecule has 1 heterocycles. The summed E-state index contributed by atoms with van der Waals surface area (Å²) in [4.78, 5) is 4.49. The zero-order chi connectivity index (χ0) is 13.1. The van der Waals surface area contributed by atoms with E-state index in [2.05, 4.69) is 49.3 Å². The third kappa shape index (κ3) is 3.92. The summed E-state index contributed by atoms with van der Waals surface area (Å²) in [5, 5.41) is 4.17. The van der Waals surface area contributed by atoms with Crippen molar-refractivity contribution in [1.29, 1.82) is 0 Å². The Labute approximate surface area is 108 Å². The molecule has 0 unspecified atom stereocenters. The minimum atomic E-state index is -0.145. The summed E-state index contributed by atoms with van der Waals surface area (Å²) in [7, 11) is 0. The van der Waals surface area contributed by atoms with E-state index in [1.165, 1.54) is 11.5 Å². The quantitative estimate of drug-likeness (QED) is 0.850. The zero-order valence-electron chi connectivity index (χ0n) is 11.5. The van der Waals surface area contributed by atoms with E-state index in [9.17, 15) is 0 Å². The Morgan fingerprint density at radius 3 is 2.24 bits per heavy atom. The summed E-state index contributed by atoms with van der Waals surface area (Å²) in [6.45, 7) is 11.3. The number of nitrogens with two attached hydrogens (primary N) is 1. The number of aromatic nitrogens is 2. The summed E-state index contributed by atoms with van der Waals surface area (Å²) in [5.74, 6) is 0.889. The predicted molar refractivity (Wildman–Crippen MR) is 74.6 cm³/mol. The standard InChI is InChI=1S/C12H24N4S/c1-6-12(13,7-2)8-14-10-15-9(16-17-10)11(3,4)5/h6-8,13H2,1-5H3,(H,14,15,16). The van der Waals surface area contributed by atoms with Gasteiger partial charge < -0.3 is 11.1 Å². The van der Waals surface area contributed by atoms with E-state index in [1.807, 2.05) is 0 Å². The van der Waals surface area contributed by atoms with Gasteiger partial charge in [-0.25, -0.2) is 4.98 Å². The molecule has 1 rings (SSSR count). The van der Waals surface area contributed by atoms with Gasteiger partial charge in [0.05, 0.1) is 0 Å². The number of rotatable bonds is 5. The van der Waals surface area contributed by atoms with Gasteiger partial charge in [0, 0.05) is 29.0 Å². The van der Waals surface area contributed by atoms with Crippen molar-refractivity contribution >= 4 is 16.7 Å². The van der Waals surface area contributed by atoms with Crippen LogP contribution in [0.2, 0.25) is 0 Å². The highest BCUT2D eigenvalue weighted by molar-refractivity contribution is 7.09. The predicted octanol–water partition coefficient (Wildman–Crippen LogP) is 2.77. The van der Waals surface area contributed by atoms with Crippen molar-refractivity contribution in [3.05, 3.63) is 5.82 Å². The molecule has 0 saturated heterocycles. The van der Waals surface area contributed by atoms with Crippen LogP contribution in [-0.4, -0.2) is 21.4 Å². The van der Waals surface area contributed by atoms with Crippen LogP contribution in [0.5, 0.6) is 0 Å². The molecule has 3 N–H and O–H groups in total. The van der Waals surface area contributed by atoms with Crippen molar-refractivity contribution in [1.82, 2.24) is 9.36 Å². The van der Waals surface area contributed by atoms with Gasteiger partial charge in [-0.3, -0.25) is 0 Å². The van der Waals surface area contributed by atoms with E-state index in [0.717, 1.165) is 30.3 Å². The first kappa shape index (κ1) is 14.4. The van der Waals surface area contributed by atoms with Gasteiger partial charge in [0.15, 0.2) is 0 Å². The molecule has 5 heteroatoms. The Kier molecular flexibility index (Phi) is 4.49. The SMILES string of the molecule is CCC(N)(CC)CNc1nc(C(C)(C)C)ns1. The highest BCUT2D eigenvalue weighted by atomic mass is 32.1. The average molecular weight is 256 g/mol. The van der Waals surface area contributed by atoms with E-state index in [0.29, 0.717) is 0 Å². The fourth-order valence-electron chi connectivity index (χ4n) is 1.35.